The van der Waals surface area contributed by atoms with Crippen LogP contribution in [0.3, 0.4) is 0 Å². The molecule has 100 valence electrons. The van der Waals surface area contributed by atoms with Gasteiger partial charge in [0.15, 0.2) is 0 Å². The summed E-state index contributed by atoms with van der Waals surface area (Å²) in [7, 11) is 0. The molecule has 0 saturated heterocycles. The van der Waals surface area contributed by atoms with Crippen LogP contribution in [0.2, 0.25) is 0 Å². The van der Waals surface area contributed by atoms with Crippen molar-refractivity contribution >= 4 is 11.9 Å². The van der Waals surface area contributed by atoms with Crippen LogP contribution in [0.25, 0.3) is 0 Å². The van der Waals surface area contributed by atoms with Crippen LogP contribution in [0.4, 0.5) is 0 Å². The number of hydrogen-bond donors (Lipinski definition) is 2. The van der Waals surface area contributed by atoms with Crippen molar-refractivity contribution in [2.45, 2.75) is 59.4 Å². The van der Waals surface area contributed by atoms with E-state index in [0.717, 1.165) is 0 Å². The maximum Gasteiger partial charge on any atom is 0.305 e. The van der Waals surface area contributed by atoms with Gasteiger partial charge in [-0.15, -0.1) is 0 Å². The molecule has 0 heterocycles. The Morgan fingerprint density at radius 3 is 1.94 bits per heavy atom. The van der Waals surface area contributed by atoms with Crippen LogP contribution in [-0.4, -0.2) is 22.5 Å². The standard InChI is InChI=1S/C13H25NO3/c1-6-13(7-2,8-11(15)16)14-12(17)10(5)9(3)4/h9-10H,6-8H2,1-5H3,(H,14,17)(H,15,16). The van der Waals surface area contributed by atoms with Crippen LogP contribution in [0.5, 0.6) is 0 Å². The Morgan fingerprint density at radius 1 is 1.18 bits per heavy atom. The number of nitrogens with one attached hydrogen (secondary N) is 1. The fourth-order valence-corrected chi connectivity index (χ4v) is 1.69. The SMILES string of the molecule is CCC(CC)(CC(=O)O)NC(=O)C(C)C(C)C. The van der Waals surface area contributed by atoms with Crippen LogP contribution < -0.4 is 5.32 Å². The molecule has 0 aliphatic carbocycles. The molecule has 0 aromatic rings. The zero-order valence-corrected chi connectivity index (χ0v) is 11.5. The van der Waals surface area contributed by atoms with Gasteiger partial charge < -0.3 is 10.4 Å². The van der Waals surface area contributed by atoms with E-state index in [1.165, 1.54) is 0 Å². The van der Waals surface area contributed by atoms with E-state index in [4.69, 9.17) is 5.11 Å². The highest BCUT2D eigenvalue weighted by Gasteiger charge is 2.32. The number of aliphatic carboxylic acids is 1. The Kier molecular flexibility index (Phi) is 6.21. The number of carboxylic acids is 1. The molecule has 2 N–H and O–H groups in total. The Labute approximate surface area is 104 Å². The molecule has 0 aromatic carbocycles. The van der Waals surface area contributed by atoms with Crippen molar-refractivity contribution in [3.05, 3.63) is 0 Å². The normalized spacial score (nSPS) is 13.5. The lowest BCUT2D eigenvalue weighted by Gasteiger charge is -2.33. The zero-order chi connectivity index (χ0) is 13.6. The van der Waals surface area contributed by atoms with Crippen LogP contribution >= 0.6 is 0 Å². The minimum Gasteiger partial charge on any atom is -0.481 e. The van der Waals surface area contributed by atoms with Crippen molar-refractivity contribution in [2.24, 2.45) is 11.8 Å². The summed E-state index contributed by atoms with van der Waals surface area (Å²) < 4.78 is 0. The lowest BCUT2D eigenvalue weighted by Crippen LogP contribution is -2.51. The monoisotopic (exact) mass is 243 g/mol. The highest BCUT2D eigenvalue weighted by Crippen LogP contribution is 2.21. The Bertz CT molecular complexity index is 270. The quantitative estimate of drug-likeness (QED) is 0.721. The summed E-state index contributed by atoms with van der Waals surface area (Å²) in [5.41, 5.74) is -0.605. The van der Waals surface area contributed by atoms with E-state index in [2.05, 4.69) is 5.32 Å². The Balaban J connectivity index is 4.75. The predicted octanol–water partition coefficient (Wildman–Crippen LogP) is 2.43. The molecule has 0 aliphatic heterocycles. The van der Waals surface area contributed by atoms with E-state index in [1.807, 2.05) is 34.6 Å². The molecule has 1 unspecified atom stereocenters. The molecule has 0 fully saturated rings. The molecule has 0 aliphatic rings. The number of carbonyl (C=O) groups is 2. The maximum atomic E-state index is 12.0. The number of carboxylic acid groups (broad SMARTS) is 1. The average Bonchev–Trinajstić information content (AvgIpc) is 2.25. The third-order valence-corrected chi connectivity index (χ3v) is 3.65. The van der Waals surface area contributed by atoms with Gasteiger partial charge in [0, 0.05) is 11.5 Å². The van der Waals surface area contributed by atoms with E-state index in [0.29, 0.717) is 12.8 Å². The van der Waals surface area contributed by atoms with Crippen LogP contribution in [0.1, 0.15) is 53.9 Å². The van der Waals surface area contributed by atoms with Gasteiger partial charge in [-0.05, 0) is 18.8 Å². The topological polar surface area (TPSA) is 66.4 Å². The van der Waals surface area contributed by atoms with E-state index in [9.17, 15) is 9.59 Å². The fourth-order valence-electron chi connectivity index (χ4n) is 1.69. The van der Waals surface area contributed by atoms with E-state index >= 15 is 0 Å². The van der Waals surface area contributed by atoms with Gasteiger partial charge in [-0.2, -0.15) is 0 Å². The van der Waals surface area contributed by atoms with Gasteiger partial charge in [0.2, 0.25) is 5.91 Å². The number of hydrogen-bond acceptors (Lipinski definition) is 2. The van der Waals surface area contributed by atoms with Crippen molar-refractivity contribution in [1.82, 2.24) is 5.32 Å². The van der Waals surface area contributed by atoms with Crippen molar-refractivity contribution in [1.29, 1.82) is 0 Å². The summed E-state index contributed by atoms with van der Waals surface area (Å²) in [6.07, 6.45) is 1.25. The molecule has 17 heavy (non-hydrogen) atoms. The number of rotatable bonds is 7. The second-order valence-electron chi connectivity index (χ2n) is 5.08. The van der Waals surface area contributed by atoms with Gasteiger partial charge in [-0.3, -0.25) is 9.59 Å². The maximum absolute atomic E-state index is 12.0. The van der Waals surface area contributed by atoms with Crippen LogP contribution in [-0.2, 0) is 9.59 Å². The largest absolute Gasteiger partial charge is 0.481 e. The Morgan fingerprint density at radius 2 is 1.65 bits per heavy atom. The summed E-state index contributed by atoms with van der Waals surface area (Å²) in [5, 5.41) is 11.8. The fraction of sp³-hybridized carbons (Fsp3) is 0.846. The van der Waals surface area contributed by atoms with Gasteiger partial charge in [0.05, 0.1) is 6.42 Å². The second kappa shape index (κ2) is 6.62. The third kappa shape index (κ3) is 4.75. The van der Waals surface area contributed by atoms with E-state index in [-0.39, 0.29) is 24.2 Å². The minimum absolute atomic E-state index is 0.0173. The molecule has 0 radical (unpaired) electrons. The highest BCUT2D eigenvalue weighted by molar-refractivity contribution is 5.80. The van der Waals surface area contributed by atoms with Crippen LogP contribution in [0, 0.1) is 11.8 Å². The van der Waals surface area contributed by atoms with Crippen molar-refractivity contribution in [3.8, 4) is 0 Å². The molecule has 0 aromatic heterocycles. The smallest absolute Gasteiger partial charge is 0.305 e. The van der Waals surface area contributed by atoms with Gasteiger partial charge in [0.25, 0.3) is 0 Å². The number of amides is 1. The van der Waals surface area contributed by atoms with Gasteiger partial charge in [-0.1, -0.05) is 34.6 Å². The second-order valence-corrected chi connectivity index (χ2v) is 5.08. The summed E-state index contributed by atoms with van der Waals surface area (Å²) in [5.74, 6) is -0.760. The summed E-state index contributed by atoms with van der Waals surface area (Å²) in [6.45, 7) is 9.67. The third-order valence-electron chi connectivity index (χ3n) is 3.65. The highest BCUT2D eigenvalue weighted by atomic mass is 16.4. The van der Waals surface area contributed by atoms with Gasteiger partial charge in [-0.25, -0.2) is 0 Å². The Hall–Kier alpha value is -1.06. The van der Waals surface area contributed by atoms with Crippen molar-refractivity contribution in [2.75, 3.05) is 0 Å². The molecule has 1 atom stereocenters. The molecular weight excluding hydrogens is 218 g/mol. The minimum atomic E-state index is -0.869. The lowest BCUT2D eigenvalue weighted by molar-refractivity contribution is -0.139. The van der Waals surface area contributed by atoms with Gasteiger partial charge >= 0.3 is 5.97 Å². The molecule has 4 heteroatoms. The number of carbonyl (C=O) groups excluding carboxylic acids is 1. The first-order chi connectivity index (χ1) is 7.78. The van der Waals surface area contributed by atoms with E-state index in [1.54, 1.807) is 0 Å². The van der Waals surface area contributed by atoms with Crippen LogP contribution in [0.15, 0.2) is 0 Å². The first-order valence-electron chi connectivity index (χ1n) is 6.31. The molecule has 0 spiro atoms. The summed E-state index contributed by atoms with van der Waals surface area (Å²) in [6, 6.07) is 0. The summed E-state index contributed by atoms with van der Waals surface area (Å²) >= 11 is 0. The predicted molar refractivity (Wildman–Crippen MR) is 67.7 cm³/mol. The zero-order valence-electron chi connectivity index (χ0n) is 11.5. The first kappa shape index (κ1) is 15.9. The molecule has 0 bridgehead atoms. The lowest BCUT2D eigenvalue weighted by atomic mass is 9.87. The van der Waals surface area contributed by atoms with E-state index < -0.39 is 11.5 Å². The molecule has 0 saturated carbocycles. The average molecular weight is 243 g/mol. The van der Waals surface area contributed by atoms with Gasteiger partial charge in [0.1, 0.15) is 0 Å². The van der Waals surface area contributed by atoms with Crippen molar-refractivity contribution < 1.29 is 14.7 Å². The molecular formula is C13H25NO3. The molecule has 0 rings (SSSR count). The first-order valence-corrected chi connectivity index (χ1v) is 6.31. The van der Waals surface area contributed by atoms with Crippen molar-refractivity contribution in [3.63, 3.8) is 0 Å². The summed E-state index contributed by atoms with van der Waals surface area (Å²) in [4.78, 5) is 22.9. The molecule has 1 amide bonds. The molecule has 4 nitrogen and oxygen atoms in total.